The zero-order valence-electron chi connectivity index (χ0n) is 13.4. The maximum absolute atomic E-state index is 12.4. The average molecular weight is 345 g/mol. The Labute approximate surface area is 144 Å². The van der Waals surface area contributed by atoms with Gasteiger partial charge in [0, 0.05) is 29.6 Å². The molecule has 0 saturated carbocycles. The van der Waals surface area contributed by atoms with Crippen LogP contribution in [-0.4, -0.2) is 48.6 Å². The van der Waals surface area contributed by atoms with Gasteiger partial charge in [-0.25, -0.2) is 4.98 Å². The first-order valence-corrected chi connectivity index (χ1v) is 8.84. The Bertz CT molecular complexity index is 731. The molecule has 3 heterocycles. The van der Waals surface area contributed by atoms with Crippen LogP contribution in [0.2, 0.25) is 0 Å². The van der Waals surface area contributed by atoms with Gasteiger partial charge in [0.25, 0.3) is 11.1 Å². The van der Waals surface area contributed by atoms with Crippen LogP contribution in [0.1, 0.15) is 16.8 Å². The van der Waals surface area contributed by atoms with E-state index in [1.807, 2.05) is 24.3 Å². The van der Waals surface area contributed by atoms with E-state index in [2.05, 4.69) is 15.2 Å². The number of carbonyl (C=O) groups excluding carboxylic acids is 1. The quantitative estimate of drug-likeness (QED) is 0.897. The number of ether oxygens (including phenoxy) is 1. The SMILES string of the molecule is COc1cnc(Sc2ccc(C(=O)NC3CN4CCC3C4)cc2)o1. The van der Waals surface area contributed by atoms with E-state index in [4.69, 9.17) is 9.15 Å². The third-order valence-corrected chi connectivity index (χ3v) is 5.51. The molecule has 0 spiro atoms. The highest BCUT2D eigenvalue weighted by Crippen LogP contribution is 2.30. The van der Waals surface area contributed by atoms with Crippen molar-refractivity contribution in [1.82, 2.24) is 15.2 Å². The first kappa shape index (κ1) is 15.5. The van der Waals surface area contributed by atoms with Crippen molar-refractivity contribution in [2.24, 2.45) is 5.92 Å². The lowest BCUT2D eigenvalue weighted by Gasteiger charge is -2.23. The van der Waals surface area contributed by atoms with E-state index in [0.29, 0.717) is 28.7 Å². The highest BCUT2D eigenvalue weighted by Gasteiger charge is 2.38. The van der Waals surface area contributed by atoms with E-state index in [1.165, 1.54) is 38.0 Å². The molecule has 2 saturated heterocycles. The second kappa shape index (κ2) is 6.49. The first-order valence-electron chi connectivity index (χ1n) is 8.02. The number of nitrogens with one attached hydrogen (secondary N) is 1. The number of rotatable bonds is 5. The molecular weight excluding hydrogens is 326 g/mol. The van der Waals surface area contributed by atoms with Gasteiger partial charge in [0.2, 0.25) is 0 Å². The average Bonchev–Trinajstić information content (AvgIpc) is 3.32. The number of hydrogen-bond acceptors (Lipinski definition) is 6. The van der Waals surface area contributed by atoms with Gasteiger partial charge in [0.15, 0.2) is 0 Å². The molecule has 0 aliphatic carbocycles. The normalized spacial score (nSPS) is 25.0. The van der Waals surface area contributed by atoms with Crippen molar-refractivity contribution >= 4 is 17.7 Å². The third kappa shape index (κ3) is 3.14. The van der Waals surface area contributed by atoms with Crippen LogP contribution < -0.4 is 10.1 Å². The van der Waals surface area contributed by atoms with Crippen LogP contribution in [0.3, 0.4) is 0 Å². The van der Waals surface area contributed by atoms with Crippen LogP contribution in [0.15, 0.2) is 45.0 Å². The summed E-state index contributed by atoms with van der Waals surface area (Å²) in [6, 6.07) is 7.78. The standard InChI is InChI=1S/C17H19N3O3S/c1-22-15-8-18-17(23-15)24-13-4-2-11(3-5-13)16(21)19-14-10-20-7-6-12(14)9-20/h2-5,8,12,14H,6-7,9-10H2,1H3,(H,19,21). The summed E-state index contributed by atoms with van der Waals surface area (Å²) < 4.78 is 10.3. The van der Waals surface area contributed by atoms with Crippen molar-refractivity contribution < 1.29 is 13.9 Å². The molecule has 6 nitrogen and oxygen atoms in total. The Hall–Kier alpha value is -1.99. The second-order valence-corrected chi connectivity index (χ2v) is 7.19. The highest BCUT2D eigenvalue weighted by atomic mass is 32.2. The summed E-state index contributed by atoms with van der Waals surface area (Å²) in [4.78, 5) is 19.9. The second-order valence-electron chi connectivity index (χ2n) is 6.16. The minimum atomic E-state index is 0.00286. The summed E-state index contributed by atoms with van der Waals surface area (Å²) in [6.07, 6.45) is 2.73. The van der Waals surface area contributed by atoms with E-state index in [1.54, 1.807) is 0 Å². The monoisotopic (exact) mass is 345 g/mol. The third-order valence-electron chi connectivity index (χ3n) is 4.64. The van der Waals surface area contributed by atoms with E-state index < -0.39 is 0 Å². The fourth-order valence-electron chi connectivity index (χ4n) is 3.36. The molecule has 1 N–H and O–H groups in total. The number of amides is 1. The minimum Gasteiger partial charge on any atom is -0.467 e. The molecule has 2 fully saturated rings. The summed E-state index contributed by atoms with van der Waals surface area (Å²) in [5, 5.41) is 3.69. The number of hydrogen-bond donors (Lipinski definition) is 1. The van der Waals surface area contributed by atoms with Crippen LogP contribution in [0.4, 0.5) is 0 Å². The van der Waals surface area contributed by atoms with Gasteiger partial charge >= 0.3 is 5.95 Å². The van der Waals surface area contributed by atoms with E-state index in [-0.39, 0.29) is 5.91 Å². The van der Waals surface area contributed by atoms with Gasteiger partial charge in [-0.3, -0.25) is 4.79 Å². The van der Waals surface area contributed by atoms with Gasteiger partial charge in [0.1, 0.15) is 6.20 Å². The Balaban J connectivity index is 1.37. The van der Waals surface area contributed by atoms with Gasteiger partial charge in [-0.2, -0.15) is 0 Å². The Morgan fingerprint density at radius 2 is 2.21 bits per heavy atom. The molecule has 1 aromatic heterocycles. The lowest BCUT2D eigenvalue weighted by atomic mass is 9.99. The van der Waals surface area contributed by atoms with Crippen molar-refractivity contribution in [3.8, 4) is 5.95 Å². The summed E-state index contributed by atoms with van der Waals surface area (Å²) in [7, 11) is 1.54. The fourth-order valence-corrected chi connectivity index (χ4v) is 4.06. The molecular formula is C17H19N3O3S. The van der Waals surface area contributed by atoms with E-state index in [9.17, 15) is 4.79 Å². The zero-order chi connectivity index (χ0) is 16.5. The molecule has 2 aromatic rings. The first-order chi connectivity index (χ1) is 11.7. The Morgan fingerprint density at radius 3 is 2.83 bits per heavy atom. The Kier molecular flexibility index (Phi) is 4.20. The van der Waals surface area contributed by atoms with E-state index >= 15 is 0 Å². The Morgan fingerprint density at radius 1 is 1.38 bits per heavy atom. The van der Waals surface area contributed by atoms with Crippen molar-refractivity contribution in [3.05, 3.63) is 36.0 Å². The maximum atomic E-state index is 12.4. The van der Waals surface area contributed by atoms with Gasteiger partial charge < -0.3 is 19.4 Å². The molecule has 1 aromatic carbocycles. The number of nitrogens with zero attached hydrogens (tertiary/aromatic N) is 2. The van der Waals surface area contributed by atoms with Gasteiger partial charge in [-0.05, 0) is 54.9 Å². The molecule has 24 heavy (non-hydrogen) atoms. The van der Waals surface area contributed by atoms with E-state index in [0.717, 1.165) is 18.0 Å². The number of benzene rings is 1. The highest BCUT2D eigenvalue weighted by molar-refractivity contribution is 7.99. The molecule has 3 atom stereocenters. The van der Waals surface area contributed by atoms with Crippen LogP contribution in [0, 0.1) is 5.92 Å². The fraction of sp³-hybridized carbons (Fsp3) is 0.412. The molecule has 7 heteroatoms. The van der Waals surface area contributed by atoms with Crippen molar-refractivity contribution in [2.75, 3.05) is 26.7 Å². The number of carbonyl (C=O) groups is 1. The summed E-state index contributed by atoms with van der Waals surface area (Å²) in [5.41, 5.74) is 0.683. The smallest absolute Gasteiger partial charge is 0.305 e. The topological polar surface area (TPSA) is 67.6 Å². The molecule has 2 aliphatic heterocycles. The molecule has 4 rings (SSSR count). The minimum absolute atomic E-state index is 0.00286. The molecule has 3 unspecified atom stereocenters. The maximum Gasteiger partial charge on any atom is 0.305 e. The zero-order valence-corrected chi connectivity index (χ0v) is 14.2. The van der Waals surface area contributed by atoms with Crippen molar-refractivity contribution in [1.29, 1.82) is 0 Å². The number of methoxy groups -OCH3 is 1. The van der Waals surface area contributed by atoms with Crippen molar-refractivity contribution in [3.63, 3.8) is 0 Å². The number of oxazole rings is 1. The lowest BCUT2D eigenvalue weighted by Crippen LogP contribution is -2.43. The molecule has 126 valence electrons. The van der Waals surface area contributed by atoms with Crippen LogP contribution in [-0.2, 0) is 0 Å². The number of fused-ring (bicyclic) bond motifs is 2. The van der Waals surface area contributed by atoms with Crippen LogP contribution in [0.5, 0.6) is 5.95 Å². The number of aromatic nitrogens is 1. The van der Waals surface area contributed by atoms with Gasteiger partial charge in [-0.1, -0.05) is 0 Å². The largest absolute Gasteiger partial charge is 0.467 e. The summed E-state index contributed by atoms with van der Waals surface area (Å²) in [5.74, 6) is 1.00. The number of piperidine rings is 1. The van der Waals surface area contributed by atoms with Crippen LogP contribution >= 0.6 is 11.8 Å². The predicted molar refractivity (Wildman–Crippen MR) is 89.4 cm³/mol. The molecule has 1 amide bonds. The summed E-state index contributed by atoms with van der Waals surface area (Å²) in [6.45, 7) is 3.28. The molecule has 2 aliphatic rings. The van der Waals surface area contributed by atoms with Crippen molar-refractivity contribution in [2.45, 2.75) is 22.6 Å². The molecule has 2 bridgehead atoms. The molecule has 0 radical (unpaired) electrons. The predicted octanol–water partition coefficient (Wildman–Crippen LogP) is 2.27. The van der Waals surface area contributed by atoms with Crippen LogP contribution in [0.25, 0.3) is 0 Å². The summed E-state index contributed by atoms with van der Waals surface area (Å²) >= 11 is 1.39. The van der Waals surface area contributed by atoms with Gasteiger partial charge in [0.05, 0.1) is 7.11 Å². The van der Waals surface area contributed by atoms with Gasteiger partial charge in [-0.15, -0.1) is 0 Å². The lowest BCUT2D eigenvalue weighted by molar-refractivity contribution is 0.0924.